The van der Waals surface area contributed by atoms with Crippen molar-refractivity contribution in [1.29, 1.82) is 0 Å². The first-order valence-electron chi connectivity index (χ1n) is 7.90. The smallest absolute Gasteiger partial charge is 0.497 e. The van der Waals surface area contributed by atoms with Crippen LogP contribution in [0.5, 0.6) is 17.2 Å². The molecule has 0 aliphatic heterocycles. The largest absolute Gasteiger partial charge is 0.541 e. The molecule has 0 aliphatic rings. The molecule has 0 aliphatic carbocycles. The van der Waals surface area contributed by atoms with Crippen molar-refractivity contribution in [2.75, 3.05) is 12.2 Å². The molecule has 0 aromatic heterocycles. The molecule has 3 aromatic carbocycles. The summed E-state index contributed by atoms with van der Waals surface area (Å²) in [5, 5.41) is 2.58. The molecule has 3 aromatic rings. The SMILES string of the molecule is COc1ccc(NP(=O)(Oc2ccccc2F)Oc2ccccc2F)cc1. The highest BCUT2D eigenvalue weighted by atomic mass is 31.2. The molecule has 0 spiro atoms. The number of hydrogen-bond donors (Lipinski definition) is 1. The second-order valence-corrected chi connectivity index (χ2v) is 6.96. The molecule has 1 N–H and O–H groups in total. The number of anilines is 1. The van der Waals surface area contributed by atoms with E-state index in [9.17, 15) is 13.3 Å². The van der Waals surface area contributed by atoms with E-state index in [4.69, 9.17) is 13.8 Å². The van der Waals surface area contributed by atoms with Crippen molar-refractivity contribution < 1.29 is 27.1 Å². The van der Waals surface area contributed by atoms with Gasteiger partial charge in [-0.3, -0.25) is 5.09 Å². The third-order valence-corrected chi connectivity index (χ3v) is 4.87. The van der Waals surface area contributed by atoms with E-state index in [1.807, 2.05) is 0 Å². The van der Waals surface area contributed by atoms with Gasteiger partial charge in [-0.2, -0.15) is 0 Å². The summed E-state index contributed by atoms with van der Waals surface area (Å²) in [6, 6.07) is 17.2. The zero-order valence-electron chi connectivity index (χ0n) is 14.3. The van der Waals surface area contributed by atoms with Crippen LogP contribution in [-0.2, 0) is 4.57 Å². The van der Waals surface area contributed by atoms with E-state index in [-0.39, 0.29) is 11.5 Å². The molecule has 0 atom stereocenters. The first kappa shape index (κ1) is 18.7. The van der Waals surface area contributed by atoms with Crippen LogP contribution in [0.4, 0.5) is 14.5 Å². The number of rotatable bonds is 7. The minimum Gasteiger partial charge on any atom is -0.497 e. The average molecular weight is 391 g/mol. The number of nitrogens with one attached hydrogen (secondary N) is 1. The molecule has 0 heterocycles. The molecule has 8 heteroatoms. The minimum absolute atomic E-state index is 0.293. The number of methoxy groups -OCH3 is 1. The van der Waals surface area contributed by atoms with Gasteiger partial charge in [0.15, 0.2) is 23.1 Å². The lowest BCUT2D eigenvalue weighted by Gasteiger charge is -2.21. The van der Waals surface area contributed by atoms with Gasteiger partial charge in [0, 0.05) is 5.69 Å². The van der Waals surface area contributed by atoms with Crippen molar-refractivity contribution in [1.82, 2.24) is 0 Å². The molecule has 0 radical (unpaired) electrons. The van der Waals surface area contributed by atoms with Gasteiger partial charge in [0.25, 0.3) is 0 Å². The molecule has 0 unspecified atom stereocenters. The Morgan fingerprint density at radius 3 is 1.70 bits per heavy atom. The lowest BCUT2D eigenvalue weighted by Crippen LogP contribution is -2.11. The highest BCUT2D eigenvalue weighted by molar-refractivity contribution is 7.56. The van der Waals surface area contributed by atoms with Gasteiger partial charge in [-0.05, 0) is 48.5 Å². The summed E-state index contributed by atoms with van der Waals surface area (Å²) >= 11 is 0. The fraction of sp³-hybridized carbons (Fsp3) is 0.0526. The summed E-state index contributed by atoms with van der Waals surface area (Å²) in [7, 11) is -2.72. The van der Waals surface area contributed by atoms with Gasteiger partial charge < -0.3 is 13.8 Å². The van der Waals surface area contributed by atoms with Gasteiger partial charge in [0.1, 0.15) is 5.75 Å². The molecule has 27 heavy (non-hydrogen) atoms. The van der Waals surface area contributed by atoms with Gasteiger partial charge in [0.05, 0.1) is 7.11 Å². The lowest BCUT2D eigenvalue weighted by molar-refractivity contribution is 0.373. The number of para-hydroxylation sites is 2. The number of hydrogen-bond acceptors (Lipinski definition) is 4. The van der Waals surface area contributed by atoms with E-state index in [0.717, 1.165) is 12.1 Å². The standard InChI is InChI=1S/C19H16F2NO4P/c1-24-15-12-10-14(11-13-15)22-27(23,25-18-8-4-2-6-16(18)20)26-19-9-5-3-7-17(19)21/h2-13H,1H3,(H,22,23). The molecular formula is C19H16F2NO4P. The van der Waals surface area contributed by atoms with Crippen LogP contribution in [0.2, 0.25) is 0 Å². The van der Waals surface area contributed by atoms with Crippen LogP contribution in [0, 0.1) is 11.6 Å². The maximum atomic E-state index is 14.0. The minimum atomic E-state index is -4.23. The first-order chi connectivity index (χ1) is 13.0. The Morgan fingerprint density at radius 2 is 1.26 bits per heavy atom. The van der Waals surface area contributed by atoms with Crippen LogP contribution < -0.4 is 18.9 Å². The maximum absolute atomic E-state index is 14.0. The van der Waals surface area contributed by atoms with Crippen molar-refractivity contribution in [3.63, 3.8) is 0 Å². The Bertz CT molecular complexity index is 914. The van der Waals surface area contributed by atoms with Crippen LogP contribution >= 0.6 is 7.75 Å². The van der Waals surface area contributed by atoms with Crippen LogP contribution in [0.25, 0.3) is 0 Å². The molecule has 0 amide bonds. The van der Waals surface area contributed by atoms with Gasteiger partial charge >= 0.3 is 7.75 Å². The third-order valence-electron chi connectivity index (χ3n) is 3.47. The van der Waals surface area contributed by atoms with E-state index >= 15 is 0 Å². The molecule has 0 bridgehead atoms. The normalized spacial score (nSPS) is 10.9. The quantitative estimate of drug-likeness (QED) is 0.528. The maximum Gasteiger partial charge on any atom is 0.541 e. The van der Waals surface area contributed by atoms with Crippen molar-refractivity contribution >= 4 is 13.4 Å². The highest BCUT2D eigenvalue weighted by Gasteiger charge is 2.31. The highest BCUT2D eigenvalue weighted by Crippen LogP contribution is 2.49. The van der Waals surface area contributed by atoms with Crippen molar-refractivity contribution in [3.8, 4) is 17.2 Å². The van der Waals surface area contributed by atoms with Gasteiger partial charge in [-0.1, -0.05) is 24.3 Å². The van der Waals surface area contributed by atoms with E-state index in [1.54, 1.807) is 24.3 Å². The van der Waals surface area contributed by atoms with E-state index < -0.39 is 19.4 Å². The summed E-state index contributed by atoms with van der Waals surface area (Å²) in [6.45, 7) is 0. The summed E-state index contributed by atoms with van der Waals surface area (Å²) in [4.78, 5) is 0. The molecule has 140 valence electrons. The molecule has 0 fully saturated rings. The molecule has 0 saturated carbocycles. The van der Waals surface area contributed by atoms with Crippen molar-refractivity contribution in [3.05, 3.63) is 84.4 Å². The summed E-state index contributed by atoms with van der Waals surface area (Å²) in [6.07, 6.45) is 0. The van der Waals surface area contributed by atoms with Crippen molar-refractivity contribution in [2.45, 2.75) is 0 Å². The Hall–Kier alpha value is -3.05. The summed E-state index contributed by atoms with van der Waals surface area (Å²) in [5.41, 5.74) is 0.354. The zero-order valence-corrected chi connectivity index (χ0v) is 15.2. The van der Waals surface area contributed by atoms with Gasteiger partial charge in [-0.15, -0.1) is 0 Å². The van der Waals surface area contributed by atoms with E-state index in [1.165, 1.54) is 43.5 Å². The Balaban J connectivity index is 1.93. The van der Waals surface area contributed by atoms with Crippen LogP contribution in [0.15, 0.2) is 72.8 Å². The monoisotopic (exact) mass is 391 g/mol. The molecule has 0 saturated heterocycles. The first-order valence-corrected chi connectivity index (χ1v) is 9.44. The molecular weight excluding hydrogens is 375 g/mol. The second-order valence-electron chi connectivity index (χ2n) is 5.38. The topological polar surface area (TPSA) is 56.8 Å². The average Bonchev–Trinajstić information content (AvgIpc) is 2.66. The van der Waals surface area contributed by atoms with E-state index in [2.05, 4.69) is 5.09 Å². The van der Waals surface area contributed by atoms with Gasteiger partial charge in [-0.25, -0.2) is 13.3 Å². The third kappa shape index (κ3) is 4.77. The predicted molar refractivity (Wildman–Crippen MR) is 98.3 cm³/mol. The fourth-order valence-electron chi connectivity index (χ4n) is 2.18. The number of halogens is 2. The fourth-order valence-corrected chi connectivity index (χ4v) is 3.59. The molecule has 3 rings (SSSR count). The van der Waals surface area contributed by atoms with Crippen LogP contribution in [0.1, 0.15) is 0 Å². The summed E-state index contributed by atoms with van der Waals surface area (Å²) in [5.74, 6) is -1.46. The Kier molecular flexibility index (Phi) is 5.62. The molecule has 5 nitrogen and oxygen atoms in total. The Morgan fingerprint density at radius 1 is 0.778 bits per heavy atom. The number of ether oxygens (including phenoxy) is 1. The van der Waals surface area contributed by atoms with Crippen molar-refractivity contribution in [2.24, 2.45) is 0 Å². The van der Waals surface area contributed by atoms with E-state index in [0.29, 0.717) is 11.4 Å². The van der Waals surface area contributed by atoms with Crippen LogP contribution in [0.3, 0.4) is 0 Å². The van der Waals surface area contributed by atoms with Gasteiger partial charge in [0.2, 0.25) is 0 Å². The van der Waals surface area contributed by atoms with Crippen LogP contribution in [-0.4, -0.2) is 7.11 Å². The zero-order chi connectivity index (χ0) is 19.3. The Labute approximate surface area is 155 Å². The number of benzene rings is 3. The second kappa shape index (κ2) is 8.10. The predicted octanol–water partition coefficient (Wildman–Crippen LogP) is 5.65. The lowest BCUT2D eigenvalue weighted by atomic mass is 10.3. The summed E-state index contributed by atoms with van der Waals surface area (Å²) < 4.78 is 56.8.